The number of halogens is 1. The van der Waals surface area contributed by atoms with Crippen molar-refractivity contribution in [3.05, 3.63) is 28.7 Å². The molecule has 18 heavy (non-hydrogen) atoms. The third-order valence-corrected chi connectivity index (χ3v) is 5.75. The highest BCUT2D eigenvalue weighted by molar-refractivity contribution is 9.10. The minimum atomic E-state index is -3.53. The molecule has 0 saturated heterocycles. The van der Waals surface area contributed by atoms with E-state index in [1.165, 1.54) is 26.2 Å². The molecule has 0 aliphatic rings. The summed E-state index contributed by atoms with van der Waals surface area (Å²) in [6, 6.07) is 6.34. The molecule has 0 fully saturated rings. The van der Waals surface area contributed by atoms with Crippen LogP contribution in [0, 0.1) is 5.92 Å². The van der Waals surface area contributed by atoms with Gasteiger partial charge in [0.15, 0.2) is 9.84 Å². The number of benzene rings is 1. The van der Waals surface area contributed by atoms with Gasteiger partial charge >= 0.3 is 5.97 Å². The third-order valence-electron chi connectivity index (χ3n) is 2.91. The highest BCUT2D eigenvalue weighted by atomic mass is 79.9. The quantitative estimate of drug-likeness (QED) is 0.793. The molecular formula is C12H15BrO4S. The van der Waals surface area contributed by atoms with Gasteiger partial charge in [-0.05, 0) is 31.2 Å². The fourth-order valence-electron chi connectivity index (χ4n) is 1.49. The number of carbonyl (C=O) groups excluding carboxylic acids is 1. The van der Waals surface area contributed by atoms with Gasteiger partial charge in [-0.25, -0.2) is 8.42 Å². The molecule has 4 nitrogen and oxygen atoms in total. The average Bonchev–Trinajstić information content (AvgIpc) is 2.36. The highest BCUT2D eigenvalue weighted by Crippen LogP contribution is 2.23. The third kappa shape index (κ3) is 3.11. The monoisotopic (exact) mass is 334 g/mol. The first-order valence-electron chi connectivity index (χ1n) is 5.38. The van der Waals surface area contributed by atoms with Gasteiger partial charge in [-0.15, -0.1) is 0 Å². The number of esters is 1. The summed E-state index contributed by atoms with van der Waals surface area (Å²) >= 11 is 3.24. The second-order valence-corrected chi connectivity index (χ2v) is 7.24. The Morgan fingerprint density at radius 1 is 1.22 bits per heavy atom. The molecule has 2 atom stereocenters. The van der Waals surface area contributed by atoms with Crippen LogP contribution in [0.5, 0.6) is 0 Å². The predicted octanol–water partition coefficient (Wildman–Crippen LogP) is 2.42. The molecule has 0 amide bonds. The maximum absolute atomic E-state index is 12.3. The Bertz CT molecular complexity index is 522. The number of carbonyl (C=O) groups is 1. The van der Waals surface area contributed by atoms with Gasteiger partial charge in [0.2, 0.25) is 0 Å². The van der Waals surface area contributed by atoms with Crippen LogP contribution in [0.3, 0.4) is 0 Å². The van der Waals surface area contributed by atoms with E-state index in [1.54, 1.807) is 19.1 Å². The fourth-order valence-corrected chi connectivity index (χ4v) is 3.34. The van der Waals surface area contributed by atoms with Crippen LogP contribution in [0.4, 0.5) is 0 Å². The lowest BCUT2D eigenvalue weighted by Crippen LogP contribution is -2.31. The molecule has 1 aromatic rings. The largest absolute Gasteiger partial charge is 0.469 e. The Kier molecular flexibility index (Phi) is 4.92. The Labute approximate surface area is 115 Å². The molecule has 1 aromatic carbocycles. The van der Waals surface area contributed by atoms with Crippen molar-refractivity contribution in [2.24, 2.45) is 5.92 Å². The van der Waals surface area contributed by atoms with Crippen LogP contribution >= 0.6 is 15.9 Å². The van der Waals surface area contributed by atoms with E-state index >= 15 is 0 Å². The average molecular weight is 335 g/mol. The number of hydrogen-bond donors (Lipinski definition) is 0. The first kappa shape index (κ1) is 15.2. The van der Waals surface area contributed by atoms with Crippen molar-refractivity contribution in [3.8, 4) is 0 Å². The highest BCUT2D eigenvalue weighted by Gasteiger charge is 2.32. The number of sulfone groups is 1. The molecule has 0 aromatic heterocycles. The van der Waals surface area contributed by atoms with Crippen LogP contribution in [-0.2, 0) is 19.4 Å². The normalized spacial score (nSPS) is 14.9. The molecule has 2 unspecified atom stereocenters. The zero-order valence-electron chi connectivity index (χ0n) is 10.4. The summed E-state index contributed by atoms with van der Waals surface area (Å²) < 4.78 is 29.9. The zero-order chi connectivity index (χ0) is 13.9. The summed E-state index contributed by atoms with van der Waals surface area (Å²) in [6.07, 6.45) is 0. The van der Waals surface area contributed by atoms with Gasteiger partial charge in [-0.1, -0.05) is 22.9 Å². The van der Waals surface area contributed by atoms with E-state index in [-0.39, 0.29) is 4.90 Å². The van der Waals surface area contributed by atoms with Crippen molar-refractivity contribution in [3.63, 3.8) is 0 Å². The SMILES string of the molecule is COC(=O)C(C)C(C)S(=O)(=O)c1ccc(Br)cc1. The van der Waals surface area contributed by atoms with E-state index < -0.39 is 27.0 Å². The van der Waals surface area contributed by atoms with Crippen molar-refractivity contribution in [2.75, 3.05) is 7.11 Å². The molecule has 0 aliphatic heterocycles. The zero-order valence-corrected chi connectivity index (χ0v) is 12.8. The number of rotatable bonds is 4. The van der Waals surface area contributed by atoms with Crippen LogP contribution < -0.4 is 0 Å². The van der Waals surface area contributed by atoms with Gasteiger partial charge in [0, 0.05) is 4.47 Å². The molecule has 0 bridgehead atoms. The first-order chi connectivity index (χ1) is 8.30. The minimum Gasteiger partial charge on any atom is -0.469 e. The van der Waals surface area contributed by atoms with Crippen LogP contribution in [0.15, 0.2) is 33.6 Å². The summed E-state index contributed by atoms with van der Waals surface area (Å²) in [7, 11) is -2.28. The number of methoxy groups -OCH3 is 1. The van der Waals surface area contributed by atoms with Crippen molar-refractivity contribution in [1.29, 1.82) is 0 Å². The lowest BCUT2D eigenvalue weighted by molar-refractivity contribution is -0.144. The van der Waals surface area contributed by atoms with Crippen LogP contribution in [-0.4, -0.2) is 26.7 Å². The van der Waals surface area contributed by atoms with E-state index in [4.69, 9.17) is 0 Å². The van der Waals surface area contributed by atoms with E-state index in [0.29, 0.717) is 0 Å². The maximum atomic E-state index is 12.3. The van der Waals surface area contributed by atoms with Gasteiger partial charge < -0.3 is 4.74 Å². The van der Waals surface area contributed by atoms with E-state index in [2.05, 4.69) is 20.7 Å². The Morgan fingerprint density at radius 2 is 1.72 bits per heavy atom. The fraction of sp³-hybridized carbons (Fsp3) is 0.417. The van der Waals surface area contributed by atoms with Gasteiger partial charge in [0.25, 0.3) is 0 Å². The Balaban J connectivity index is 3.07. The van der Waals surface area contributed by atoms with Gasteiger partial charge in [-0.3, -0.25) is 4.79 Å². The molecule has 0 spiro atoms. The van der Waals surface area contributed by atoms with E-state index in [0.717, 1.165) is 4.47 Å². The van der Waals surface area contributed by atoms with E-state index in [9.17, 15) is 13.2 Å². The Hall–Kier alpha value is -0.880. The van der Waals surface area contributed by atoms with Crippen molar-refractivity contribution < 1.29 is 17.9 Å². The summed E-state index contributed by atoms with van der Waals surface area (Å²) in [6.45, 7) is 3.06. The van der Waals surface area contributed by atoms with Gasteiger partial charge in [0.05, 0.1) is 23.2 Å². The molecule has 0 radical (unpaired) electrons. The van der Waals surface area contributed by atoms with Crippen LogP contribution in [0.25, 0.3) is 0 Å². The van der Waals surface area contributed by atoms with E-state index in [1.807, 2.05) is 0 Å². The maximum Gasteiger partial charge on any atom is 0.309 e. The predicted molar refractivity (Wildman–Crippen MR) is 72.0 cm³/mol. The lowest BCUT2D eigenvalue weighted by atomic mass is 10.1. The van der Waals surface area contributed by atoms with Crippen molar-refractivity contribution in [2.45, 2.75) is 24.0 Å². The molecule has 6 heteroatoms. The lowest BCUT2D eigenvalue weighted by Gasteiger charge is -2.18. The first-order valence-corrected chi connectivity index (χ1v) is 7.72. The molecule has 0 heterocycles. The summed E-state index contributed by atoms with van der Waals surface area (Å²) in [4.78, 5) is 11.6. The second kappa shape index (κ2) is 5.84. The number of ether oxygens (including phenoxy) is 1. The smallest absolute Gasteiger partial charge is 0.309 e. The number of hydrogen-bond acceptors (Lipinski definition) is 4. The molecule has 0 N–H and O–H groups in total. The Morgan fingerprint density at radius 3 is 2.17 bits per heavy atom. The van der Waals surface area contributed by atoms with Crippen molar-refractivity contribution >= 4 is 31.7 Å². The molecular weight excluding hydrogens is 320 g/mol. The topological polar surface area (TPSA) is 60.4 Å². The molecule has 100 valence electrons. The van der Waals surface area contributed by atoms with Crippen LogP contribution in [0.2, 0.25) is 0 Å². The summed E-state index contributed by atoms with van der Waals surface area (Å²) in [5, 5.41) is -0.828. The molecule has 1 rings (SSSR count). The van der Waals surface area contributed by atoms with Crippen molar-refractivity contribution in [1.82, 2.24) is 0 Å². The standard InChI is InChI=1S/C12H15BrO4S/c1-8(12(14)17-3)9(2)18(15,16)11-6-4-10(13)5-7-11/h4-9H,1-3H3. The van der Waals surface area contributed by atoms with Gasteiger partial charge in [-0.2, -0.15) is 0 Å². The molecule has 0 saturated carbocycles. The van der Waals surface area contributed by atoms with Crippen LogP contribution in [0.1, 0.15) is 13.8 Å². The molecule has 0 aliphatic carbocycles. The van der Waals surface area contributed by atoms with Gasteiger partial charge in [0.1, 0.15) is 0 Å². The minimum absolute atomic E-state index is 0.203. The summed E-state index contributed by atoms with van der Waals surface area (Å²) in [5.41, 5.74) is 0. The summed E-state index contributed by atoms with van der Waals surface area (Å²) in [5.74, 6) is -1.23. The second-order valence-electron chi connectivity index (χ2n) is 4.02.